The number of fused-ring (bicyclic) bond motifs is 6. The first-order valence-electron chi connectivity index (χ1n) is 19.5. The van der Waals surface area contributed by atoms with Gasteiger partial charge in [-0.2, -0.15) is 0 Å². The molecule has 1 aliphatic carbocycles. The zero-order chi connectivity index (χ0) is 37.0. The number of hydrogen-bond acceptors (Lipinski definition) is 0. The van der Waals surface area contributed by atoms with Crippen LogP contribution in [-0.2, 0) is 0 Å². The molecule has 8 aromatic carbocycles. The zero-order valence-corrected chi connectivity index (χ0v) is 30.9. The molecule has 0 saturated heterocycles. The highest BCUT2D eigenvalue weighted by molar-refractivity contribution is 6.13. The van der Waals surface area contributed by atoms with Crippen molar-refractivity contribution in [3.8, 4) is 39.1 Å². The second-order valence-electron chi connectivity index (χ2n) is 14.9. The molecule has 0 radical (unpaired) electrons. The summed E-state index contributed by atoms with van der Waals surface area (Å²) >= 11 is 0. The SMILES string of the molecule is C1=CC(c2ccccc2)CC=C1n1c2ccccc2c2ccc(-c3ccc4c(c3)c3ccccc3n4-c3cc(-c4ccccc4)cc(-c4ccccc4)c3)cc21. The topological polar surface area (TPSA) is 9.86 Å². The molecule has 2 heterocycles. The number of nitrogens with zero attached hydrogens (tertiary/aromatic N) is 2. The molecule has 0 saturated carbocycles. The van der Waals surface area contributed by atoms with Crippen molar-refractivity contribution in [2.45, 2.75) is 12.3 Å². The summed E-state index contributed by atoms with van der Waals surface area (Å²) in [5.41, 5.74) is 15.8. The van der Waals surface area contributed by atoms with Gasteiger partial charge in [0.2, 0.25) is 0 Å². The van der Waals surface area contributed by atoms with Gasteiger partial charge in [-0.15, -0.1) is 0 Å². The smallest absolute Gasteiger partial charge is 0.0547 e. The van der Waals surface area contributed by atoms with E-state index in [1.165, 1.54) is 88.3 Å². The number of benzene rings is 8. The van der Waals surface area contributed by atoms with E-state index in [0.29, 0.717) is 5.92 Å². The molecule has 0 bridgehead atoms. The molecule has 264 valence electrons. The molecular weight excluding hydrogens is 677 g/mol. The molecular formula is C54H38N2. The molecule has 1 aliphatic rings. The average Bonchev–Trinajstić information content (AvgIpc) is 3.79. The lowest BCUT2D eigenvalue weighted by molar-refractivity contribution is 0.850. The highest BCUT2D eigenvalue weighted by Gasteiger charge is 2.19. The zero-order valence-electron chi connectivity index (χ0n) is 30.9. The summed E-state index contributed by atoms with van der Waals surface area (Å²) in [5, 5.41) is 5.04. The maximum Gasteiger partial charge on any atom is 0.0547 e. The van der Waals surface area contributed by atoms with Crippen molar-refractivity contribution in [2.75, 3.05) is 0 Å². The van der Waals surface area contributed by atoms with Crippen LogP contribution >= 0.6 is 0 Å². The van der Waals surface area contributed by atoms with Crippen LogP contribution in [-0.4, -0.2) is 9.13 Å². The monoisotopic (exact) mass is 714 g/mol. The van der Waals surface area contributed by atoms with Gasteiger partial charge in [0, 0.05) is 38.8 Å². The van der Waals surface area contributed by atoms with E-state index in [1.807, 2.05) is 0 Å². The van der Waals surface area contributed by atoms with Gasteiger partial charge in [-0.3, -0.25) is 0 Å². The van der Waals surface area contributed by atoms with E-state index >= 15 is 0 Å². The van der Waals surface area contributed by atoms with E-state index in [4.69, 9.17) is 0 Å². The number of allylic oxidation sites excluding steroid dienone is 4. The van der Waals surface area contributed by atoms with Crippen LogP contribution < -0.4 is 0 Å². The molecule has 10 aromatic rings. The Balaban J connectivity index is 1.06. The van der Waals surface area contributed by atoms with Gasteiger partial charge < -0.3 is 9.13 Å². The summed E-state index contributed by atoms with van der Waals surface area (Å²) in [5.74, 6) is 0.392. The van der Waals surface area contributed by atoms with E-state index in [0.717, 1.165) is 12.1 Å². The van der Waals surface area contributed by atoms with Crippen molar-refractivity contribution in [1.82, 2.24) is 9.13 Å². The van der Waals surface area contributed by atoms with Crippen LogP contribution in [0.25, 0.3) is 88.4 Å². The van der Waals surface area contributed by atoms with E-state index < -0.39 is 0 Å². The standard InChI is InChI=1S/C54H38N2/c1-4-14-37(15-5-1)40-24-28-45(29-25-40)55-51-22-12-10-20-47(51)49-30-26-42(36-54(49)55)41-27-31-53-50(35-41)48-21-11-13-23-52(48)56(53)46-33-43(38-16-6-2-7-17-38)32-44(34-46)39-18-8-3-9-19-39/h1-24,26-36,40H,25H2. The Morgan fingerprint density at radius 1 is 0.357 bits per heavy atom. The summed E-state index contributed by atoms with van der Waals surface area (Å²) in [6.45, 7) is 0. The van der Waals surface area contributed by atoms with Crippen molar-refractivity contribution in [1.29, 1.82) is 0 Å². The van der Waals surface area contributed by atoms with Gasteiger partial charge in [-0.25, -0.2) is 0 Å². The van der Waals surface area contributed by atoms with Crippen LogP contribution in [0.1, 0.15) is 17.9 Å². The maximum absolute atomic E-state index is 2.46. The average molecular weight is 715 g/mol. The minimum atomic E-state index is 0.392. The highest BCUT2D eigenvalue weighted by atomic mass is 15.0. The normalized spacial score (nSPS) is 14.2. The van der Waals surface area contributed by atoms with Crippen molar-refractivity contribution >= 4 is 49.3 Å². The molecule has 11 rings (SSSR count). The van der Waals surface area contributed by atoms with Crippen LogP contribution in [0.5, 0.6) is 0 Å². The summed E-state index contributed by atoms with van der Waals surface area (Å²) in [6.07, 6.45) is 8.08. The number of rotatable bonds is 6. The Labute approximate surface area is 326 Å². The van der Waals surface area contributed by atoms with Crippen LogP contribution in [0.4, 0.5) is 0 Å². The molecule has 56 heavy (non-hydrogen) atoms. The Kier molecular flexibility index (Phi) is 7.67. The van der Waals surface area contributed by atoms with Gasteiger partial charge in [0.1, 0.15) is 0 Å². The third-order valence-electron chi connectivity index (χ3n) is 11.6. The second-order valence-corrected chi connectivity index (χ2v) is 14.9. The molecule has 2 aromatic heterocycles. The number of hydrogen-bond donors (Lipinski definition) is 0. The summed E-state index contributed by atoms with van der Waals surface area (Å²) in [7, 11) is 0. The second kappa shape index (κ2) is 13.3. The third-order valence-corrected chi connectivity index (χ3v) is 11.6. The lowest BCUT2D eigenvalue weighted by Crippen LogP contribution is -2.02. The molecule has 2 nitrogen and oxygen atoms in total. The fourth-order valence-electron chi connectivity index (χ4n) is 8.92. The van der Waals surface area contributed by atoms with E-state index in [2.05, 4.69) is 221 Å². The van der Waals surface area contributed by atoms with Crippen molar-refractivity contribution in [3.63, 3.8) is 0 Å². The first kappa shape index (κ1) is 32.3. The van der Waals surface area contributed by atoms with Gasteiger partial charge in [-0.1, -0.05) is 158 Å². The minimum Gasteiger partial charge on any atom is -0.310 e. The predicted molar refractivity (Wildman–Crippen MR) is 237 cm³/mol. The largest absolute Gasteiger partial charge is 0.310 e. The Morgan fingerprint density at radius 2 is 0.893 bits per heavy atom. The fourth-order valence-corrected chi connectivity index (χ4v) is 8.92. The van der Waals surface area contributed by atoms with Crippen LogP contribution in [0.15, 0.2) is 212 Å². The molecule has 0 spiro atoms. The lowest BCUT2D eigenvalue weighted by atomic mass is 9.92. The Hall–Kier alpha value is -7.16. The summed E-state index contributed by atoms with van der Waals surface area (Å²) in [6, 6.07) is 70.9. The molecule has 0 N–H and O–H groups in total. The van der Waals surface area contributed by atoms with E-state index in [9.17, 15) is 0 Å². The van der Waals surface area contributed by atoms with Crippen molar-refractivity contribution in [3.05, 3.63) is 218 Å². The number of para-hydroxylation sites is 2. The quantitative estimate of drug-likeness (QED) is 0.162. The molecule has 1 atom stereocenters. The van der Waals surface area contributed by atoms with Crippen molar-refractivity contribution < 1.29 is 0 Å². The van der Waals surface area contributed by atoms with Gasteiger partial charge in [0.15, 0.2) is 0 Å². The Morgan fingerprint density at radius 3 is 1.55 bits per heavy atom. The van der Waals surface area contributed by atoms with Gasteiger partial charge in [0.25, 0.3) is 0 Å². The molecule has 0 amide bonds. The summed E-state index contributed by atoms with van der Waals surface area (Å²) in [4.78, 5) is 0. The first-order chi connectivity index (χ1) is 27.8. The molecule has 0 fully saturated rings. The molecule has 1 unspecified atom stereocenters. The highest BCUT2D eigenvalue weighted by Crippen LogP contribution is 2.40. The first-order valence-corrected chi connectivity index (χ1v) is 19.5. The third kappa shape index (κ3) is 5.41. The molecule has 0 aliphatic heterocycles. The van der Waals surface area contributed by atoms with Gasteiger partial charge >= 0.3 is 0 Å². The van der Waals surface area contributed by atoms with Crippen LogP contribution in [0.2, 0.25) is 0 Å². The fraction of sp³-hybridized carbons (Fsp3) is 0.0370. The number of aromatic nitrogens is 2. The van der Waals surface area contributed by atoms with E-state index in [-0.39, 0.29) is 0 Å². The maximum atomic E-state index is 2.46. The van der Waals surface area contributed by atoms with E-state index in [1.54, 1.807) is 0 Å². The lowest BCUT2D eigenvalue weighted by Gasteiger charge is -2.19. The minimum absolute atomic E-state index is 0.392. The predicted octanol–water partition coefficient (Wildman–Crippen LogP) is 14.5. The van der Waals surface area contributed by atoms with Crippen molar-refractivity contribution in [2.24, 2.45) is 0 Å². The molecule has 2 heteroatoms. The van der Waals surface area contributed by atoms with Crippen LogP contribution in [0.3, 0.4) is 0 Å². The van der Waals surface area contributed by atoms with Gasteiger partial charge in [0.05, 0.1) is 22.1 Å². The Bertz CT molecular complexity index is 3080. The summed E-state index contributed by atoms with van der Waals surface area (Å²) < 4.78 is 4.90. The van der Waals surface area contributed by atoms with Crippen LogP contribution in [0, 0.1) is 0 Å². The van der Waals surface area contributed by atoms with Gasteiger partial charge in [-0.05, 0) is 100.0 Å².